The number of hydrogen-bond donors (Lipinski definition) is 1. The summed E-state index contributed by atoms with van der Waals surface area (Å²) in [4.78, 5) is 13.0. The molecule has 0 atom stereocenters. The molecule has 5 rings (SSSR count). The number of nitrogens with one attached hydrogen (secondary N) is 1. The number of carbonyl (C=O) groups is 1. The SMILES string of the molecule is O=C(Nc1ccc2c(c1)OCO2)c1nn2c(C3CC3)nnc2s1. The van der Waals surface area contributed by atoms with Crippen LogP contribution < -0.4 is 14.8 Å². The summed E-state index contributed by atoms with van der Waals surface area (Å²) in [5.74, 6) is 2.30. The number of amides is 1. The number of anilines is 1. The summed E-state index contributed by atoms with van der Waals surface area (Å²) in [6, 6.07) is 5.26. The maximum Gasteiger partial charge on any atom is 0.286 e. The minimum atomic E-state index is -0.277. The highest BCUT2D eigenvalue weighted by Gasteiger charge is 2.30. The molecule has 1 N–H and O–H groups in total. The molecule has 8 nitrogen and oxygen atoms in total. The van der Waals surface area contributed by atoms with Crippen molar-refractivity contribution in [2.24, 2.45) is 0 Å². The molecule has 2 aromatic heterocycles. The number of ether oxygens (including phenoxy) is 2. The molecule has 1 amide bonds. The van der Waals surface area contributed by atoms with Crippen molar-refractivity contribution in [1.29, 1.82) is 0 Å². The predicted molar refractivity (Wildman–Crippen MR) is 81.2 cm³/mol. The third kappa shape index (κ3) is 2.12. The van der Waals surface area contributed by atoms with Crippen molar-refractivity contribution < 1.29 is 14.3 Å². The van der Waals surface area contributed by atoms with E-state index < -0.39 is 0 Å². The number of fused-ring (bicyclic) bond motifs is 2. The molecule has 116 valence electrons. The fourth-order valence-corrected chi connectivity index (χ4v) is 3.22. The van der Waals surface area contributed by atoms with Crippen LogP contribution in [-0.2, 0) is 0 Å². The van der Waals surface area contributed by atoms with Crippen molar-refractivity contribution in [2.45, 2.75) is 18.8 Å². The summed E-state index contributed by atoms with van der Waals surface area (Å²) < 4.78 is 12.2. The van der Waals surface area contributed by atoms with Crippen LogP contribution in [0.15, 0.2) is 18.2 Å². The first kappa shape index (κ1) is 12.8. The van der Waals surface area contributed by atoms with Crippen LogP contribution in [0.1, 0.15) is 34.4 Å². The maximum absolute atomic E-state index is 12.4. The van der Waals surface area contributed by atoms with Crippen molar-refractivity contribution in [3.63, 3.8) is 0 Å². The summed E-state index contributed by atoms with van der Waals surface area (Å²) >= 11 is 1.23. The second kappa shape index (κ2) is 4.66. The average Bonchev–Trinajstić information content (AvgIpc) is 2.98. The molecule has 9 heteroatoms. The monoisotopic (exact) mass is 329 g/mol. The predicted octanol–water partition coefficient (Wildman–Crippen LogP) is 2.04. The zero-order chi connectivity index (χ0) is 15.4. The number of aromatic nitrogens is 4. The van der Waals surface area contributed by atoms with E-state index in [1.807, 2.05) is 0 Å². The largest absolute Gasteiger partial charge is 0.454 e. The second-order valence-corrected chi connectivity index (χ2v) is 6.41. The zero-order valence-electron chi connectivity index (χ0n) is 11.9. The number of rotatable bonds is 3. The van der Waals surface area contributed by atoms with E-state index in [4.69, 9.17) is 9.47 Å². The van der Waals surface area contributed by atoms with Gasteiger partial charge in [0.1, 0.15) is 0 Å². The molecule has 3 aromatic rings. The van der Waals surface area contributed by atoms with Crippen molar-refractivity contribution in [2.75, 3.05) is 12.1 Å². The van der Waals surface area contributed by atoms with Crippen LogP contribution in [-0.4, -0.2) is 32.5 Å². The third-order valence-electron chi connectivity index (χ3n) is 3.78. The molecule has 0 bridgehead atoms. The Balaban J connectivity index is 1.41. The first-order valence-corrected chi connectivity index (χ1v) is 8.03. The van der Waals surface area contributed by atoms with Gasteiger partial charge in [-0.15, -0.1) is 15.3 Å². The van der Waals surface area contributed by atoms with Gasteiger partial charge in [-0.2, -0.15) is 4.52 Å². The van der Waals surface area contributed by atoms with Gasteiger partial charge in [0, 0.05) is 17.7 Å². The third-order valence-corrected chi connectivity index (χ3v) is 4.68. The van der Waals surface area contributed by atoms with E-state index in [0.717, 1.165) is 18.7 Å². The lowest BCUT2D eigenvalue weighted by molar-refractivity contribution is 0.102. The molecule has 0 unspecified atom stereocenters. The Morgan fingerprint density at radius 1 is 1.26 bits per heavy atom. The highest BCUT2D eigenvalue weighted by Crippen LogP contribution is 2.39. The van der Waals surface area contributed by atoms with Gasteiger partial charge in [-0.3, -0.25) is 4.79 Å². The molecular weight excluding hydrogens is 318 g/mol. The van der Waals surface area contributed by atoms with Crippen LogP contribution in [0.4, 0.5) is 5.69 Å². The van der Waals surface area contributed by atoms with E-state index in [1.165, 1.54) is 11.3 Å². The summed E-state index contributed by atoms with van der Waals surface area (Å²) in [6.07, 6.45) is 2.22. The fourth-order valence-electron chi connectivity index (χ4n) is 2.48. The standard InChI is InChI=1S/C14H11N5O3S/c20-12(15-8-3-4-9-10(5-8)22-6-21-9)13-18-19-11(7-1-2-7)16-17-14(19)23-13/h3-5,7H,1-2,6H2,(H,15,20). The summed E-state index contributed by atoms with van der Waals surface area (Å²) in [5.41, 5.74) is 0.632. The maximum atomic E-state index is 12.4. The van der Waals surface area contributed by atoms with Crippen molar-refractivity contribution >= 4 is 27.9 Å². The molecule has 0 saturated heterocycles. The lowest BCUT2D eigenvalue weighted by atomic mass is 10.3. The van der Waals surface area contributed by atoms with E-state index >= 15 is 0 Å². The Morgan fingerprint density at radius 3 is 3.00 bits per heavy atom. The molecule has 1 aliphatic carbocycles. The van der Waals surface area contributed by atoms with Crippen LogP contribution in [0.5, 0.6) is 11.5 Å². The summed E-state index contributed by atoms with van der Waals surface area (Å²) in [5, 5.41) is 15.7. The topological polar surface area (TPSA) is 90.6 Å². The van der Waals surface area contributed by atoms with Crippen LogP contribution in [0.2, 0.25) is 0 Å². The quantitative estimate of drug-likeness (QED) is 0.791. The van der Waals surface area contributed by atoms with Crippen LogP contribution in [0.25, 0.3) is 4.96 Å². The molecule has 0 radical (unpaired) electrons. The van der Waals surface area contributed by atoms with Crippen LogP contribution in [0.3, 0.4) is 0 Å². The van der Waals surface area contributed by atoms with Crippen molar-refractivity contribution in [1.82, 2.24) is 19.8 Å². The highest BCUT2D eigenvalue weighted by molar-refractivity contribution is 7.18. The molecule has 2 aliphatic rings. The Bertz CT molecular complexity index is 930. The Hall–Kier alpha value is -2.68. The normalized spacial score (nSPS) is 16.0. The molecule has 23 heavy (non-hydrogen) atoms. The average molecular weight is 329 g/mol. The van der Waals surface area contributed by atoms with E-state index in [9.17, 15) is 4.79 Å². The van der Waals surface area contributed by atoms with Gasteiger partial charge in [0.25, 0.3) is 5.91 Å². The van der Waals surface area contributed by atoms with Gasteiger partial charge >= 0.3 is 0 Å². The molecular formula is C14H11N5O3S. The van der Waals surface area contributed by atoms with E-state index in [-0.39, 0.29) is 12.7 Å². The fraction of sp³-hybridized carbons (Fsp3) is 0.286. The van der Waals surface area contributed by atoms with Gasteiger partial charge in [0.15, 0.2) is 17.3 Å². The highest BCUT2D eigenvalue weighted by atomic mass is 32.1. The van der Waals surface area contributed by atoms with Gasteiger partial charge in [0.2, 0.25) is 16.8 Å². The van der Waals surface area contributed by atoms with Gasteiger partial charge in [-0.1, -0.05) is 11.3 Å². The van der Waals surface area contributed by atoms with Crippen molar-refractivity contribution in [3.05, 3.63) is 29.0 Å². The first-order valence-electron chi connectivity index (χ1n) is 7.21. The molecule has 1 aliphatic heterocycles. The van der Waals surface area contributed by atoms with E-state index in [2.05, 4.69) is 20.6 Å². The van der Waals surface area contributed by atoms with Crippen LogP contribution >= 0.6 is 11.3 Å². The number of benzene rings is 1. The van der Waals surface area contributed by atoms with E-state index in [0.29, 0.717) is 33.1 Å². The van der Waals surface area contributed by atoms with Crippen LogP contribution in [0, 0.1) is 0 Å². The lowest BCUT2D eigenvalue weighted by Crippen LogP contribution is -2.12. The van der Waals surface area contributed by atoms with Gasteiger partial charge in [-0.05, 0) is 25.0 Å². The molecule has 1 aromatic carbocycles. The Kier molecular flexibility index (Phi) is 2.60. The van der Waals surface area contributed by atoms with Gasteiger partial charge < -0.3 is 14.8 Å². The first-order chi connectivity index (χ1) is 11.3. The molecule has 1 saturated carbocycles. The minimum Gasteiger partial charge on any atom is -0.454 e. The van der Waals surface area contributed by atoms with Gasteiger partial charge in [0.05, 0.1) is 0 Å². The zero-order valence-corrected chi connectivity index (χ0v) is 12.7. The molecule has 1 fully saturated rings. The number of hydrogen-bond acceptors (Lipinski definition) is 7. The second-order valence-electron chi connectivity index (χ2n) is 5.46. The van der Waals surface area contributed by atoms with Crippen molar-refractivity contribution in [3.8, 4) is 11.5 Å². The Labute approximate surface area is 134 Å². The lowest BCUT2D eigenvalue weighted by Gasteiger charge is -2.03. The minimum absolute atomic E-state index is 0.202. The Morgan fingerprint density at radius 2 is 2.13 bits per heavy atom. The number of nitrogens with zero attached hydrogens (tertiary/aromatic N) is 4. The molecule has 3 heterocycles. The number of carbonyl (C=O) groups excluding carboxylic acids is 1. The molecule has 0 spiro atoms. The summed E-state index contributed by atoms with van der Waals surface area (Å²) in [6.45, 7) is 0.202. The van der Waals surface area contributed by atoms with Gasteiger partial charge in [-0.25, -0.2) is 0 Å². The smallest absolute Gasteiger partial charge is 0.286 e. The van der Waals surface area contributed by atoms with E-state index in [1.54, 1.807) is 22.7 Å². The summed E-state index contributed by atoms with van der Waals surface area (Å²) in [7, 11) is 0.